The van der Waals surface area contributed by atoms with Gasteiger partial charge >= 0.3 is 0 Å². The van der Waals surface area contributed by atoms with Crippen molar-refractivity contribution in [2.45, 2.75) is 23.8 Å². The summed E-state index contributed by atoms with van der Waals surface area (Å²) in [6.45, 7) is 1.91. The highest BCUT2D eigenvalue weighted by atomic mass is 32.2. The second-order valence-electron chi connectivity index (χ2n) is 4.63. The van der Waals surface area contributed by atoms with Gasteiger partial charge in [-0.05, 0) is 12.8 Å². The number of likely N-dealkylation sites (tertiary alicyclic amines) is 1. The summed E-state index contributed by atoms with van der Waals surface area (Å²) in [4.78, 5) is 2.20. The number of amidine groups is 1. The van der Waals surface area contributed by atoms with Gasteiger partial charge < -0.3 is 5.73 Å². The lowest BCUT2D eigenvalue weighted by Gasteiger charge is -2.31. The largest absolute Gasteiger partial charge is 0.387 e. The number of nitrogens with one attached hydrogen (secondary N) is 3. The Labute approximate surface area is 111 Å². The summed E-state index contributed by atoms with van der Waals surface area (Å²) in [5.41, 5.74) is 5.34. The van der Waals surface area contributed by atoms with E-state index >= 15 is 0 Å². The topological polar surface area (TPSA) is 128 Å². The molecule has 5 N–H and O–H groups in total. The maximum atomic E-state index is 12.0. The first-order chi connectivity index (χ1) is 8.97. The van der Waals surface area contributed by atoms with Crippen LogP contribution in [0.25, 0.3) is 0 Å². The van der Waals surface area contributed by atoms with E-state index in [1.165, 1.54) is 12.4 Å². The minimum absolute atomic E-state index is 0.0805. The molecule has 1 aromatic rings. The molecule has 0 spiro atoms. The molecule has 0 unspecified atom stereocenters. The molecule has 1 aliphatic rings. The number of hydrogen-bond acceptors (Lipinski definition) is 5. The van der Waals surface area contributed by atoms with Gasteiger partial charge in [-0.3, -0.25) is 15.4 Å². The van der Waals surface area contributed by atoms with Crippen LogP contribution < -0.4 is 10.5 Å². The van der Waals surface area contributed by atoms with Crippen molar-refractivity contribution in [3.8, 4) is 0 Å². The first kappa shape index (κ1) is 14.0. The molecular formula is C10H18N6O2S. The fourth-order valence-electron chi connectivity index (χ4n) is 2.12. The number of nitrogens with two attached hydrogens (primary N) is 1. The lowest BCUT2D eigenvalue weighted by atomic mass is 10.1. The van der Waals surface area contributed by atoms with Crippen molar-refractivity contribution in [2.75, 3.05) is 19.6 Å². The van der Waals surface area contributed by atoms with Crippen molar-refractivity contribution in [3.05, 3.63) is 12.4 Å². The van der Waals surface area contributed by atoms with Gasteiger partial charge in [0.05, 0.1) is 12.7 Å². The molecule has 19 heavy (non-hydrogen) atoms. The van der Waals surface area contributed by atoms with Gasteiger partial charge in [-0.25, -0.2) is 13.1 Å². The highest BCUT2D eigenvalue weighted by Gasteiger charge is 2.25. The van der Waals surface area contributed by atoms with E-state index in [0.29, 0.717) is 19.4 Å². The van der Waals surface area contributed by atoms with Gasteiger partial charge in [-0.15, -0.1) is 0 Å². The molecule has 8 nitrogen and oxygen atoms in total. The maximum Gasteiger partial charge on any atom is 0.243 e. The van der Waals surface area contributed by atoms with Gasteiger partial charge in [-0.1, -0.05) is 0 Å². The molecule has 0 aromatic carbocycles. The third-order valence-electron chi connectivity index (χ3n) is 3.09. The number of hydrogen-bond donors (Lipinski definition) is 4. The van der Waals surface area contributed by atoms with Crippen LogP contribution in [0.4, 0.5) is 0 Å². The van der Waals surface area contributed by atoms with Crippen LogP contribution in [0.5, 0.6) is 0 Å². The minimum atomic E-state index is -3.49. The third kappa shape index (κ3) is 3.75. The molecule has 0 atom stereocenters. The van der Waals surface area contributed by atoms with Gasteiger partial charge in [0.1, 0.15) is 10.7 Å². The van der Waals surface area contributed by atoms with Crippen LogP contribution in [0.3, 0.4) is 0 Å². The second-order valence-corrected chi connectivity index (χ2v) is 6.34. The van der Waals surface area contributed by atoms with Crippen molar-refractivity contribution < 1.29 is 8.42 Å². The van der Waals surface area contributed by atoms with Gasteiger partial charge in [0, 0.05) is 25.3 Å². The zero-order chi connectivity index (χ0) is 13.9. The number of aromatic amines is 1. The predicted octanol–water partition coefficient (Wildman–Crippen LogP) is -0.912. The number of aromatic nitrogens is 2. The quantitative estimate of drug-likeness (QED) is 0.411. The summed E-state index contributed by atoms with van der Waals surface area (Å²) >= 11 is 0. The molecule has 0 saturated carbocycles. The van der Waals surface area contributed by atoms with Crippen LogP contribution in [0.15, 0.2) is 17.3 Å². The molecule has 1 fully saturated rings. The van der Waals surface area contributed by atoms with Crippen LogP contribution >= 0.6 is 0 Å². The lowest BCUT2D eigenvalue weighted by Crippen LogP contribution is -2.46. The van der Waals surface area contributed by atoms with E-state index in [-0.39, 0.29) is 16.8 Å². The Hall–Kier alpha value is -1.45. The molecule has 9 heteroatoms. The molecule has 1 aliphatic heterocycles. The van der Waals surface area contributed by atoms with E-state index in [1.54, 1.807) is 0 Å². The molecule has 1 saturated heterocycles. The number of H-pyrrole nitrogens is 1. The fourth-order valence-corrected chi connectivity index (χ4v) is 3.33. The number of rotatable bonds is 5. The maximum absolute atomic E-state index is 12.0. The van der Waals surface area contributed by atoms with Crippen LogP contribution in [-0.2, 0) is 10.0 Å². The molecule has 0 aliphatic carbocycles. The van der Waals surface area contributed by atoms with Gasteiger partial charge in [-0.2, -0.15) is 5.10 Å². The molecule has 1 aromatic heterocycles. The van der Waals surface area contributed by atoms with E-state index in [9.17, 15) is 8.42 Å². The summed E-state index contributed by atoms with van der Waals surface area (Å²) in [6, 6.07) is -0.0805. The van der Waals surface area contributed by atoms with Gasteiger partial charge in [0.25, 0.3) is 0 Å². The average Bonchev–Trinajstić information content (AvgIpc) is 2.85. The zero-order valence-corrected chi connectivity index (χ0v) is 11.3. The van der Waals surface area contributed by atoms with Crippen LogP contribution in [0, 0.1) is 5.41 Å². The normalized spacial score (nSPS) is 18.5. The summed E-state index contributed by atoms with van der Waals surface area (Å²) in [5.74, 6) is 0.137. The molecule has 106 valence electrons. The number of nitrogens with zero attached hydrogens (tertiary/aromatic N) is 2. The Kier molecular flexibility index (Phi) is 4.17. The SMILES string of the molecule is N=C(N)CN1CCC(NS(=O)(=O)c2cn[nH]c2)CC1. The molecular weight excluding hydrogens is 268 g/mol. The smallest absolute Gasteiger partial charge is 0.243 e. The van der Waals surface area contributed by atoms with Gasteiger partial charge in [0.15, 0.2) is 0 Å². The highest BCUT2D eigenvalue weighted by molar-refractivity contribution is 7.89. The Balaban J connectivity index is 1.88. The van der Waals surface area contributed by atoms with Crippen molar-refractivity contribution in [1.29, 1.82) is 5.41 Å². The summed E-state index contributed by atoms with van der Waals surface area (Å²) in [7, 11) is -3.49. The molecule has 0 bridgehead atoms. The average molecular weight is 286 g/mol. The lowest BCUT2D eigenvalue weighted by molar-refractivity contribution is 0.231. The number of piperidine rings is 1. The second kappa shape index (κ2) is 5.68. The van der Waals surface area contributed by atoms with Crippen LogP contribution in [0.1, 0.15) is 12.8 Å². The fraction of sp³-hybridized carbons (Fsp3) is 0.600. The van der Waals surface area contributed by atoms with Crippen molar-refractivity contribution in [3.63, 3.8) is 0 Å². The third-order valence-corrected chi connectivity index (χ3v) is 4.57. The Morgan fingerprint density at radius 1 is 1.58 bits per heavy atom. The van der Waals surface area contributed by atoms with E-state index in [4.69, 9.17) is 11.1 Å². The molecule has 0 radical (unpaired) electrons. The first-order valence-electron chi connectivity index (χ1n) is 6.04. The Morgan fingerprint density at radius 2 is 2.26 bits per heavy atom. The number of sulfonamides is 1. The minimum Gasteiger partial charge on any atom is -0.387 e. The van der Waals surface area contributed by atoms with E-state index < -0.39 is 10.0 Å². The summed E-state index contributed by atoms with van der Waals surface area (Å²) in [5, 5.41) is 13.4. The standard InChI is InChI=1S/C10H18N6O2S/c11-10(12)7-16-3-1-8(2-4-16)15-19(17,18)9-5-13-14-6-9/h5-6,8,15H,1-4,7H2,(H3,11,12)(H,13,14). The van der Waals surface area contributed by atoms with Crippen LogP contribution in [-0.4, -0.2) is 55.0 Å². The van der Waals surface area contributed by atoms with E-state index in [2.05, 4.69) is 14.9 Å². The predicted molar refractivity (Wildman–Crippen MR) is 70.3 cm³/mol. The highest BCUT2D eigenvalue weighted by Crippen LogP contribution is 2.13. The van der Waals surface area contributed by atoms with E-state index in [0.717, 1.165) is 13.1 Å². The monoisotopic (exact) mass is 286 g/mol. The Bertz CT molecular complexity index is 518. The van der Waals surface area contributed by atoms with Crippen LogP contribution in [0.2, 0.25) is 0 Å². The Morgan fingerprint density at radius 3 is 2.79 bits per heavy atom. The zero-order valence-electron chi connectivity index (χ0n) is 10.5. The molecule has 2 heterocycles. The summed E-state index contributed by atoms with van der Waals surface area (Å²) < 4.78 is 26.6. The first-order valence-corrected chi connectivity index (χ1v) is 7.52. The van der Waals surface area contributed by atoms with E-state index in [1.807, 2.05) is 4.90 Å². The molecule has 0 amide bonds. The van der Waals surface area contributed by atoms with Crippen molar-refractivity contribution in [1.82, 2.24) is 19.8 Å². The van der Waals surface area contributed by atoms with Gasteiger partial charge in [0.2, 0.25) is 10.0 Å². The summed E-state index contributed by atoms with van der Waals surface area (Å²) in [6.07, 6.45) is 4.06. The van der Waals surface area contributed by atoms with Crippen molar-refractivity contribution in [2.24, 2.45) is 5.73 Å². The molecule has 2 rings (SSSR count). The van der Waals surface area contributed by atoms with Crippen molar-refractivity contribution >= 4 is 15.9 Å².